The van der Waals surface area contributed by atoms with Crippen molar-refractivity contribution in [2.45, 2.75) is 40.0 Å². The lowest BCUT2D eigenvalue weighted by atomic mass is 9.77. The zero-order chi connectivity index (χ0) is 14.0. The van der Waals surface area contributed by atoms with Crippen molar-refractivity contribution in [2.75, 3.05) is 23.7 Å². The van der Waals surface area contributed by atoms with Crippen molar-refractivity contribution in [3.8, 4) is 0 Å². The number of anilines is 2. The van der Waals surface area contributed by atoms with E-state index in [1.807, 2.05) is 6.07 Å². The Kier molecular flexibility index (Phi) is 4.24. The number of aromatic nitrogens is 1. The van der Waals surface area contributed by atoms with Crippen molar-refractivity contribution in [3.05, 3.63) is 17.3 Å². The molecular formula is C15H24ClN3. The molecular weight excluding hydrogens is 258 g/mol. The summed E-state index contributed by atoms with van der Waals surface area (Å²) in [5, 5.41) is 0.515. The first-order valence-electron chi connectivity index (χ1n) is 7.05. The van der Waals surface area contributed by atoms with Crippen LogP contribution >= 0.6 is 11.6 Å². The van der Waals surface area contributed by atoms with Crippen LogP contribution in [0.3, 0.4) is 0 Å². The van der Waals surface area contributed by atoms with E-state index in [2.05, 4.69) is 30.7 Å². The largest absolute Gasteiger partial charge is 0.396 e. The molecule has 1 aromatic rings. The van der Waals surface area contributed by atoms with Crippen LogP contribution < -0.4 is 10.6 Å². The molecule has 1 unspecified atom stereocenters. The SMILES string of the molecule is CC(C)(C)C1CCCN(c2nc(Cl)ccc2N)CC1. The van der Waals surface area contributed by atoms with E-state index in [4.69, 9.17) is 17.3 Å². The van der Waals surface area contributed by atoms with Gasteiger partial charge in [-0.3, -0.25) is 0 Å². The fourth-order valence-corrected chi connectivity index (χ4v) is 3.01. The number of halogens is 1. The minimum absolute atomic E-state index is 0.378. The molecule has 0 saturated carbocycles. The van der Waals surface area contributed by atoms with Crippen LogP contribution in [0.5, 0.6) is 0 Å². The molecule has 1 saturated heterocycles. The van der Waals surface area contributed by atoms with Gasteiger partial charge in [-0.15, -0.1) is 0 Å². The van der Waals surface area contributed by atoms with E-state index in [-0.39, 0.29) is 0 Å². The summed E-state index contributed by atoms with van der Waals surface area (Å²) in [5.74, 6) is 1.61. The lowest BCUT2D eigenvalue weighted by molar-refractivity contribution is 0.220. The summed E-state index contributed by atoms with van der Waals surface area (Å²) >= 11 is 5.98. The number of pyridine rings is 1. The van der Waals surface area contributed by atoms with Gasteiger partial charge in [0.15, 0.2) is 5.82 Å². The third-order valence-corrected chi connectivity index (χ3v) is 4.33. The van der Waals surface area contributed by atoms with Gasteiger partial charge in [0, 0.05) is 13.1 Å². The van der Waals surface area contributed by atoms with Crippen LogP contribution in [0.25, 0.3) is 0 Å². The van der Waals surface area contributed by atoms with Gasteiger partial charge in [0.05, 0.1) is 5.69 Å². The molecule has 0 bridgehead atoms. The van der Waals surface area contributed by atoms with Crippen LogP contribution in [-0.2, 0) is 0 Å². The van der Waals surface area contributed by atoms with E-state index in [1.165, 1.54) is 19.3 Å². The average molecular weight is 282 g/mol. The smallest absolute Gasteiger partial charge is 0.153 e. The minimum Gasteiger partial charge on any atom is -0.396 e. The Bertz CT molecular complexity index is 440. The number of hydrogen-bond donors (Lipinski definition) is 1. The van der Waals surface area contributed by atoms with Crippen molar-refractivity contribution < 1.29 is 0 Å². The van der Waals surface area contributed by atoms with Crippen molar-refractivity contribution >= 4 is 23.1 Å². The zero-order valence-corrected chi connectivity index (χ0v) is 12.9. The molecule has 19 heavy (non-hydrogen) atoms. The van der Waals surface area contributed by atoms with Crippen LogP contribution in [0, 0.1) is 11.3 Å². The summed E-state index contributed by atoms with van der Waals surface area (Å²) in [6, 6.07) is 3.59. The highest BCUT2D eigenvalue weighted by Gasteiger charge is 2.27. The summed E-state index contributed by atoms with van der Waals surface area (Å²) in [5.41, 5.74) is 7.13. The Morgan fingerprint density at radius 3 is 2.68 bits per heavy atom. The maximum absolute atomic E-state index is 6.03. The van der Waals surface area contributed by atoms with Crippen LogP contribution in [0.15, 0.2) is 12.1 Å². The quantitative estimate of drug-likeness (QED) is 0.792. The molecule has 2 rings (SSSR count). The second-order valence-corrected chi connectivity index (χ2v) is 6.91. The molecule has 1 aromatic heterocycles. The maximum atomic E-state index is 6.03. The monoisotopic (exact) mass is 281 g/mol. The fourth-order valence-electron chi connectivity index (χ4n) is 2.86. The van der Waals surface area contributed by atoms with Gasteiger partial charge in [0.25, 0.3) is 0 Å². The van der Waals surface area contributed by atoms with E-state index in [0.29, 0.717) is 10.6 Å². The fraction of sp³-hybridized carbons (Fsp3) is 0.667. The van der Waals surface area contributed by atoms with Crippen molar-refractivity contribution in [2.24, 2.45) is 11.3 Å². The molecule has 1 fully saturated rings. The van der Waals surface area contributed by atoms with Crippen LogP contribution in [0.1, 0.15) is 40.0 Å². The van der Waals surface area contributed by atoms with Gasteiger partial charge in [-0.2, -0.15) is 0 Å². The predicted octanol–water partition coefficient (Wildman–Crippen LogP) is 3.97. The molecule has 1 atom stereocenters. The first-order chi connectivity index (χ1) is 8.88. The summed E-state index contributed by atoms with van der Waals surface area (Å²) < 4.78 is 0. The second-order valence-electron chi connectivity index (χ2n) is 6.53. The number of rotatable bonds is 1. The highest BCUT2D eigenvalue weighted by Crippen LogP contribution is 2.35. The summed E-state index contributed by atoms with van der Waals surface area (Å²) in [4.78, 5) is 6.68. The molecule has 1 aliphatic heterocycles. The first-order valence-corrected chi connectivity index (χ1v) is 7.42. The van der Waals surface area contributed by atoms with Crippen molar-refractivity contribution in [1.82, 2.24) is 4.98 Å². The molecule has 0 radical (unpaired) electrons. The lowest BCUT2D eigenvalue weighted by Gasteiger charge is -2.30. The molecule has 0 aromatic carbocycles. The second kappa shape index (κ2) is 5.58. The Labute approximate surface area is 121 Å². The molecule has 0 amide bonds. The van der Waals surface area contributed by atoms with E-state index < -0.39 is 0 Å². The number of hydrogen-bond acceptors (Lipinski definition) is 3. The van der Waals surface area contributed by atoms with E-state index >= 15 is 0 Å². The van der Waals surface area contributed by atoms with Crippen LogP contribution in [-0.4, -0.2) is 18.1 Å². The molecule has 2 heterocycles. The maximum Gasteiger partial charge on any atom is 0.153 e. The Balaban J connectivity index is 2.13. The van der Waals surface area contributed by atoms with Gasteiger partial charge in [0.1, 0.15) is 5.15 Å². The summed E-state index contributed by atoms with van der Waals surface area (Å²) in [6.07, 6.45) is 3.66. The van der Waals surface area contributed by atoms with E-state index in [1.54, 1.807) is 6.07 Å². The topological polar surface area (TPSA) is 42.2 Å². The van der Waals surface area contributed by atoms with E-state index in [9.17, 15) is 0 Å². The Hall–Kier alpha value is -0.960. The average Bonchev–Trinajstić information content (AvgIpc) is 2.57. The van der Waals surface area contributed by atoms with Crippen molar-refractivity contribution in [3.63, 3.8) is 0 Å². The van der Waals surface area contributed by atoms with Gasteiger partial charge in [-0.25, -0.2) is 4.98 Å². The number of nitrogens with two attached hydrogens (primary N) is 1. The lowest BCUT2D eigenvalue weighted by Crippen LogP contribution is -2.27. The van der Waals surface area contributed by atoms with E-state index in [0.717, 1.165) is 30.5 Å². The van der Waals surface area contributed by atoms with Crippen LogP contribution in [0.4, 0.5) is 11.5 Å². The number of nitrogen functional groups attached to an aromatic ring is 1. The van der Waals surface area contributed by atoms with Gasteiger partial charge in [0.2, 0.25) is 0 Å². The third kappa shape index (κ3) is 3.53. The molecule has 2 N–H and O–H groups in total. The van der Waals surface area contributed by atoms with Gasteiger partial charge in [-0.1, -0.05) is 32.4 Å². The molecule has 3 nitrogen and oxygen atoms in total. The molecule has 106 valence electrons. The third-order valence-electron chi connectivity index (χ3n) is 4.12. The minimum atomic E-state index is 0.378. The summed E-state index contributed by atoms with van der Waals surface area (Å²) in [6.45, 7) is 9.03. The van der Waals surface area contributed by atoms with Crippen molar-refractivity contribution in [1.29, 1.82) is 0 Å². The Morgan fingerprint density at radius 1 is 1.26 bits per heavy atom. The molecule has 4 heteroatoms. The predicted molar refractivity (Wildman–Crippen MR) is 82.7 cm³/mol. The zero-order valence-electron chi connectivity index (χ0n) is 12.1. The van der Waals surface area contributed by atoms with Gasteiger partial charge >= 0.3 is 0 Å². The highest BCUT2D eigenvalue weighted by atomic mass is 35.5. The Morgan fingerprint density at radius 2 is 2.00 bits per heavy atom. The summed E-state index contributed by atoms with van der Waals surface area (Å²) in [7, 11) is 0. The van der Waals surface area contributed by atoms with Gasteiger partial charge in [-0.05, 0) is 42.7 Å². The molecule has 0 spiro atoms. The molecule has 1 aliphatic rings. The normalized spacial score (nSPS) is 21.3. The van der Waals surface area contributed by atoms with Gasteiger partial charge < -0.3 is 10.6 Å². The number of nitrogens with zero attached hydrogens (tertiary/aromatic N) is 2. The molecule has 0 aliphatic carbocycles. The standard InChI is InChI=1S/C15H24ClN3/c1-15(2,3)11-5-4-9-19(10-8-11)14-12(17)6-7-13(16)18-14/h6-7,11H,4-5,8-10,17H2,1-3H3. The van der Waals surface area contributed by atoms with Crippen LogP contribution in [0.2, 0.25) is 5.15 Å². The first kappa shape index (κ1) is 14.4. The highest BCUT2D eigenvalue weighted by molar-refractivity contribution is 6.29.